The first-order valence-corrected chi connectivity index (χ1v) is 5.09. The number of esters is 1. The van der Waals surface area contributed by atoms with Crippen LogP contribution in [0.15, 0.2) is 12.3 Å². The van der Waals surface area contributed by atoms with E-state index in [-0.39, 0.29) is 12.5 Å². The summed E-state index contributed by atoms with van der Waals surface area (Å²) in [4.78, 5) is 24.2. The smallest absolute Gasteiger partial charge is 0.414 e. The van der Waals surface area contributed by atoms with E-state index in [1.165, 1.54) is 12.0 Å². The maximum Gasteiger partial charge on any atom is 0.414 e. The Morgan fingerprint density at radius 1 is 1.38 bits per heavy atom. The summed E-state index contributed by atoms with van der Waals surface area (Å²) >= 11 is 0. The van der Waals surface area contributed by atoms with Crippen molar-refractivity contribution >= 4 is 12.1 Å². The molecule has 90 valence electrons. The van der Waals surface area contributed by atoms with Crippen LogP contribution in [0.1, 0.15) is 20.8 Å². The minimum absolute atomic E-state index is 0.279. The number of nitrogens with zero attached hydrogens (tertiary/aromatic N) is 1. The van der Waals surface area contributed by atoms with Gasteiger partial charge in [0.2, 0.25) is 0 Å². The van der Waals surface area contributed by atoms with Crippen LogP contribution in [0.2, 0.25) is 0 Å². The summed E-state index contributed by atoms with van der Waals surface area (Å²) in [5.74, 6) is -0.736. The lowest BCUT2D eigenvalue weighted by atomic mass is 10.2. The van der Waals surface area contributed by atoms with Crippen LogP contribution in [0, 0.1) is 5.92 Å². The number of carbonyl (C=O) groups is 2. The SMILES string of the molecule is COC(=O)C1C=CN(C(=O)OC(C)(C)C)C1. The standard InChI is InChI=1S/C11H17NO4/c1-11(2,3)16-10(14)12-6-5-8(7-12)9(13)15-4/h5-6,8H,7H2,1-4H3. The molecule has 1 amide bonds. The number of hydrogen-bond acceptors (Lipinski definition) is 4. The fourth-order valence-corrected chi connectivity index (χ4v) is 1.30. The van der Waals surface area contributed by atoms with Gasteiger partial charge >= 0.3 is 12.1 Å². The second kappa shape index (κ2) is 4.55. The lowest BCUT2D eigenvalue weighted by molar-refractivity contribution is -0.143. The Kier molecular flexibility index (Phi) is 3.57. The molecule has 0 saturated heterocycles. The molecule has 0 aromatic carbocycles. The van der Waals surface area contributed by atoms with E-state index in [0.29, 0.717) is 0 Å². The molecule has 0 aromatic rings. The Balaban J connectivity index is 2.52. The van der Waals surface area contributed by atoms with Crippen molar-refractivity contribution in [2.45, 2.75) is 26.4 Å². The van der Waals surface area contributed by atoms with Gasteiger partial charge in [-0.2, -0.15) is 0 Å². The van der Waals surface area contributed by atoms with Crippen LogP contribution < -0.4 is 0 Å². The summed E-state index contributed by atoms with van der Waals surface area (Å²) in [6, 6.07) is 0. The highest BCUT2D eigenvalue weighted by molar-refractivity contribution is 5.78. The van der Waals surface area contributed by atoms with Gasteiger partial charge < -0.3 is 9.47 Å². The van der Waals surface area contributed by atoms with Crippen LogP contribution in [0.4, 0.5) is 4.79 Å². The van der Waals surface area contributed by atoms with Crippen molar-refractivity contribution in [1.29, 1.82) is 0 Å². The number of methoxy groups -OCH3 is 1. The highest BCUT2D eigenvalue weighted by Gasteiger charge is 2.29. The first-order valence-electron chi connectivity index (χ1n) is 5.09. The lowest BCUT2D eigenvalue weighted by Gasteiger charge is -2.23. The molecule has 1 atom stereocenters. The van der Waals surface area contributed by atoms with Gasteiger partial charge in [-0.15, -0.1) is 0 Å². The highest BCUT2D eigenvalue weighted by atomic mass is 16.6. The van der Waals surface area contributed by atoms with Crippen molar-refractivity contribution in [3.63, 3.8) is 0 Å². The lowest BCUT2D eigenvalue weighted by Crippen LogP contribution is -2.34. The van der Waals surface area contributed by atoms with Crippen LogP contribution >= 0.6 is 0 Å². The molecule has 0 aliphatic carbocycles. The number of amides is 1. The number of carbonyl (C=O) groups excluding carboxylic acids is 2. The zero-order valence-electron chi connectivity index (χ0n) is 10.0. The first-order chi connectivity index (χ1) is 7.33. The Labute approximate surface area is 95.0 Å². The number of hydrogen-bond donors (Lipinski definition) is 0. The van der Waals surface area contributed by atoms with Crippen molar-refractivity contribution in [1.82, 2.24) is 4.90 Å². The van der Waals surface area contributed by atoms with Gasteiger partial charge in [-0.3, -0.25) is 9.69 Å². The van der Waals surface area contributed by atoms with Crippen molar-refractivity contribution in [3.05, 3.63) is 12.3 Å². The normalized spacial score (nSPS) is 19.8. The average molecular weight is 227 g/mol. The van der Waals surface area contributed by atoms with E-state index in [1.54, 1.807) is 33.0 Å². The third-order valence-corrected chi connectivity index (χ3v) is 2.02. The molecule has 0 fully saturated rings. The van der Waals surface area contributed by atoms with E-state index >= 15 is 0 Å². The molecule has 5 nitrogen and oxygen atoms in total. The van der Waals surface area contributed by atoms with E-state index in [0.717, 1.165) is 0 Å². The van der Waals surface area contributed by atoms with E-state index in [4.69, 9.17) is 4.74 Å². The van der Waals surface area contributed by atoms with Crippen molar-refractivity contribution in [2.24, 2.45) is 5.92 Å². The molecule has 0 N–H and O–H groups in total. The molecule has 0 bridgehead atoms. The quantitative estimate of drug-likeness (QED) is 0.637. The van der Waals surface area contributed by atoms with Gasteiger partial charge in [0.25, 0.3) is 0 Å². The largest absolute Gasteiger partial charge is 0.469 e. The monoisotopic (exact) mass is 227 g/mol. The molecule has 1 heterocycles. The van der Waals surface area contributed by atoms with E-state index in [1.807, 2.05) is 0 Å². The summed E-state index contributed by atoms with van der Waals surface area (Å²) in [5, 5.41) is 0. The molecule has 5 heteroatoms. The van der Waals surface area contributed by atoms with Crippen LogP contribution in [0.3, 0.4) is 0 Å². The zero-order chi connectivity index (χ0) is 12.3. The van der Waals surface area contributed by atoms with Gasteiger partial charge in [0, 0.05) is 12.7 Å². The van der Waals surface area contributed by atoms with E-state index in [2.05, 4.69) is 4.74 Å². The molecule has 0 spiro atoms. The summed E-state index contributed by atoms with van der Waals surface area (Å²) in [6.07, 6.45) is 2.74. The summed E-state index contributed by atoms with van der Waals surface area (Å²) in [5.41, 5.74) is -0.533. The Bertz CT molecular complexity index is 316. The van der Waals surface area contributed by atoms with Gasteiger partial charge in [-0.1, -0.05) is 6.08 Å². The summed E-state index contributed by atoms with van der Waals surface area (Å²) < 4.78 is 9.76. The fraction of sp³-hybridized carbons (Fsp3) is 0.636. The van der Waals surface area contributed by atoms with Gasteiger partial charge in [-0.25, -0.2) is 4.79 Å². The van der Waals surface area contributed by atoms with Gasteiger partial charge in [-0.05, 0) is 20.8 Å². The van der Waals surface area contributed by atoms with Gasteiger partial charge in [0.15, 0.2) is 0 Å². The predicted molar refractivity (Wildman–Crippen MR) is 57.6 cm³/mol. The fourth-order valence-electron chi connectivity index (χ4n) is 1.30. The van der Waals surface area contributed by atoms with Crippen molar-refractivity contribution in [2.75, 3.05) is 13.7 Å². The van der Waals surface area contributed by atoms with Crippen molar-refractivity contribution in [3.8, 4) is 0 Å². The summed E-state index contributed by atoms with van der Waals surface area (Å²) in [6.45, 7) is 5.66. The molecule has 16 heavy (non-hydrogen) atoms. The number of rotatable bonds is 1. The van der Waals surface area contributed by atoms with Crippen LogP contribution in [-0.4, -0.2) is 36.2 Å². The highest BCUT2D eigenvalue weighted by Crippen LogP contribution is 2.17. The molecule has 1 unspecified atom stereocenters. The maximum absolute atomic E-state index is 11.6. The van der Waals surface area contributed by atoms with E-state index in [9.17, 15) is 9.59 Å². The second-order valence-electron chi connectivity index (χ2n) is 4.60. The predicted octanol–water partition coefficient (Wildman–Crippen LogP) is 1.54. The Morgan fingerprint density at radius 2 is 2.00 bits per heavy atom. The van der Waals surface area contributed by atoms with Gasteiger partial charge in [0.1, 0.15) is 5.60 Å². The van der Waals surface area contributed by atoms with Gasteiger partial charge in [0.05, 0.1) is 13.0 Å². The maximum atomic E-state index is 11.6. The summed E-state index contributed by atoms with van der Waals surface area (Å²) in [7, 11) is 1.33. The van der Waals surface area contributed by atoms with Crippen LogP contribution in [-0.2, 0) is 14.3 Å². The minimum Gasteiger partial charge on any atom is -0.469 e. The van der Waals surface area contributed by atoms with Crippen LogP contribution in [0.25, 0.3) is 0 Å². The molecular weight excluding hydrogens is 210 g/mol. The molecule has 1 aliphatic rings. The Hall–Kier alpha value is -1.52. The second-order valence-corrected chi connectivity index (χ2v) is 4.60. The van der Waals surface area contributed by atoms with Crippen LogP contribution in [0.5, 0.6) is 0 Å². The molecular formula is C11H17NO4. The minimum atomic E-state index is -0.533. The number of ether oxygens (including phenoxy) is 2. The molecule has 1 rings (SSSR count). The molecule has 0 saturated carbocycles. The van der Waals surface area contributed by atoms with E-state index < -0.39 is 17.6 Å². The third kappa shape index (κ3) is 3.25. The van der Waals surface area contributed by atoms with Crippen molar-refractivity contribution < 1.29 is 19.1 Å². The molecule has 0 radical (unpaired) electrons. The molecule has 0 aromatic heterocycles. The topological polar surface area (TPSA) is 55.8 Å². The first kappa shape index (κ1) is 12.5. The third-order valence-electron chi connectivity index (χ3n) is 2.02. The molecule has 1 aliphatic heterocycles. The zero-order valence-corrected chi connectivity index (χ0v) is 10.0. The average Bonchev–Trinajstić information content (AvgIpc) is 2.62. The Morgan fingerprint density at radius 3 is 2.50 bits per heavy atom.